The van der Waals surface area contributed by atoms with Gasteiger partial charge in [-0.1, -0.05) is 48.5 Å². The quantitative estimate of drug-likeness (QED) is 0.504. The molecule has 2 aromatic heterocycles. The molecule has 0 saturated carbocycles. The van der Waals surface area contributed by atoms with Crippen LogP contribution in [0.5, 0.6) is 0 Å². The molecule has 150 valence electrons. The summed E-state index contributed by atoms with van der Waals surface area (Å²) in [7, 11) is 1.65. The lowest BCUT2D eigenvalue weighted by molar-refractivity contribution is 0.0688. The molecule has 0 fully saturated rings. The predicted octanol–water partition coefficient (Wildman–Crippen LogP) is 5.05. The Hall–Kier alpha value is -3.57. The van der Waals surface area contributed by atoms with E-state index in [2.05, 4.69) is 6.58 Å². The Kier molecular flexibility index (Phi) is 4.84. The highest BCUT2D eigenvalue weighted by Crippen LogP contribution is 2.32. The van der Waals surface area contributed by atoms with Crippen LogP contribution < -0.4 is 5.56 Å². The van der Waals surface area contributed by atoms with E-state index in [1.54, 1.807) is 37.5 Å². The molecule has 0 aliphatic heterocycles. The average molecular weight is 419 g/mol. The third kappa shape index (κ3) is 3.13. The average Bonchev–Trinajstić information content (AvgIpc) is 3.12. The van der Waals surface area contributed by atoms with E-state index in [0.29, 0.717) is 32.7 Å². The van der Waals surface area contributed by atoms with Gasteiger partial charge in [0.1, 0.15) is 11.2 Å². The fourth-order valence-electron chi connectivity index (χ4n) is 3.68. The summed E-state index contributed by atoms with van der Waals surface area (Å²) >= 11 is 6.00. The number of fused-ring (bicyclic) bond motifs is 1. The smallest absolute Gasteiger partial charge is 0.352 e. The monoisotopic (exact) mass is 418 g/mol. The zero-order chi connectivity index (χ0) is 21.6. The van der Waals surface area contributed by atoms with Crippen molar-refractivity contribution in [3.05, 3.63) is 105 Å². The molecule has 0 unspecified atom stereocenters. The van der Waals surface area contributed by atoms with Crippen LogP contribution in [0, 0.1) is 6.92 Å². The van der Waals surface area contributed by atoms with E-state index in [0.717, 1.165) is 11.1 Å². The summed E-state index contributed by atoms with van der Waals surface area (Å²) in [6.45, 7) is 6.09. The highest BCUT2D eigenvalue weighted by molar-refractivity contribution is 6.30. The van der Waals surface area contributed by atoms with Gasteiger partial charge in [-0.25, -0.2) is 4.79 Å². The number of carboxylic acids is 1. The van der Waals surface area contributed by atoms with Crippen molar-refractivity contribution in [3.63, 3.8) is 0 Å². The van der Waals surface area contributed by atoms with Crippen molar-refractivity contribution < 1.29 is 9.90 Å². The molecule has 6 heteroatoms. The van der Waals surface area contributed by atoms with E-state index >= 15 is 0 Å². The molecule has 0 spiro atoms. The number of rotatable bonds is 4. The summed E-state index contributed by atoms with van der Waals surface area (Å²) < 4.78 is 2.98. The molecule has 0 bridgehead atoms. The van der Waals surface area contributed by atoms with E-state index in [-0.39, 0.29) is 11.3 Å². The first-order valence-electron chi connectivity index (χ1n) is 9.29. The van der Waals surface area contributed by atoms with Crippen LogP contribution in [-0.2, 0) is 7.05 Å². The molecule has 4 aromatic rings. The zero-order valence-electron chi connectivity index (χ0n) is 16.5. The van der Waals surface area contributed by atoms with E-state index < -0.39 is 5.97 Å². The number of halogens is 1. The first-order chi connectivity index (χ1) is 14.3. The van der Waals surface area contributed by atoms with Crippen molar-refractivity contribution in [3.8, 4) is 5.69 Å². The fraction of sp³-hybridized carbons (Fsp3) is 0.0833. The number of benzene rings is 2. The number of hydrogen-bond acceptors (Lipinski definition) is 2. The lowest BCUT2D eigenvalue weighted by Gasteiger charge is -2.14. The summed E-state index contributed by atoms with van der Waals surface area (Å²) in [5, 5.41) is 11.0. The van der Waals surface area contributed by atoms with E-state index in [4.69, 9.17) is 11.6 Å². The molecule has 5 nitrogen and oxygen atoms in total. The fourth-order valence-corrected chi connectivity index (χ4v) is 3.81. The van der Waals surface area contributed by atoms with E-state index in [1.807, 2.05) is 37.3 Å². The van der Waals surface area contributed by atoms with Crippen LogP contribution in [-0.4, -0.2) is 20.2 Å². The van der Waals surface area contributed by atoms with Gasteiger partial charge < -0.3 is 9.67 Å². The molecule has 0 aliphatic carbocycles. The molecule has 2 aromatic carbocycles. The van der Waals surface area contributed by atoms with Crippen molar-refractivity contribution in [2.75, 3.05) is 0 Å². The van der Waals surface area contributed by atoms with Crippen LogP contribution in [0.4, 0.5) is 0 Å². The second-order valence-electron chi connectivity index (χ2n) is 7.16. The standard InChI is InChI=1S/C24H19ClN2O3/c1-14-6-4-5-7-20(14)27-21(24(29)30)12-18-19(13-26(3)23(28)22(18)27)15(2)16-8-10-17(25)11-9-16/h4-13H,2H2,1,3H3,(H,29,30). The number of aromatic carboxylic acids is 1. The zero-order valence-corrected chi connectivity index (χ0v) is 17.3. The lowest BCUT2D eigenvalue weighted by atomic mass is 9.98. The topological polar surface area (TPSA) is 64.2 Å². The third-order valence-electron chi connectivity index (χ3n) is 5.23. The van der Waals surface area contributed by atoms with Crippen molar-refractivity contribution >= 4 is 34.0 Å². The van der Waals surface area contributed by atoms with Crippen LogP contribution in [0.1, 0.15) is 27.2 Å². The Morgan fingerprint density at radius 2 is 1.77 bits per heavy atom. The summed E-state index contributed by atoms with van der Waals surface area (Å²) in [5.74, 6) is -1.11. The molecule has 0 aliphatic rings. The van der Waals surface area contributed by atoms with Crippen molar-refractivity contribution in [1.82, 2.24) is 9.13 Å². The second-order valence-corrected chi connectivity index (χ2v) is 7.60. The SMILES string of the molecule is C=C(c1ccc(Cl)cc1)c1cn(C)c(=O)c2c1cc(C(=O)O)n2-c1ccccc1C. The highest BCUT2D eigenvalue weighted by atomic mass is 35.5. The number of para-hydroxylation sites is 1. The number of nitrogens with zero attached hydrogens (tertiary/aromatic N) is 2. The molecular weight excluding hydrogens is 400 g/mol. The Morgan fingerprint density at radius 3 is 2.40 bits per heavy atom. The number of hydrogen-bond donors (Lipinski definition) is 1. The number of carboxylic acid groups (broad SMARTS) is 1. The van der Waals surface area contributed by atoms with Crippen LogP contribution >= 0.6 is 11.6 Å². The van der Waals surface area contributed by atoms with Gasteiger partial charge in [0.25, 0.3) is 5.56 Å². The van der Waals surface area contributed by atoms with Crippen molar-refractivity contribution in [2.45, 2.75) is 6.92 Å². The Labute approximate surface area is 178 Å². The highest BCUT2D eigenvalue weighted by Gasteiger charge is 2.23. The summed E-state index contributed by atoms with van der Waals surface area (Å²) in [6.07, 6.45) is 1.69. The molecule has 0 amide bonds. The molecule has 1 N–H and O–H groups in total. The maximum atomic E-state index is 13.1. The number of aromatic nitrogens is 2. The van der Waals surface area contributed by atoms with Crippen LogP contribution in [0.2, 0.25) is 5.02 Å². The minimum absolute atomic E-state index is 0.0211. The maximum absolute atomic E-state index is 13.1. The van der Waals surface area contributed by atoms with Crippen molar-refractivity contribution in [2.24, 2.45) is 7.05 Å². The second kappa shape index (κ2) is 7.35. The largest absolute Gasteiger partial charge is 0.477 e. The lowest BCUT2D eigenvalue weighted by Crippen LogP contribution is -2.20. The maximum Gasteiger partial charge on any atom is 0.352 e. The van der Waals surface area contributed by atoms with Crippen LogP contribution in [0.3, 0.4) is 0 Å². The molecule has 4 rings (SSSR count). The van der Waals surface area contributed by atoms with Crippen molar-refractivity contribution in [1.29, 1.82) is 0 Å². The third-order valence-corrected chi connectivity index (χ3v) is 5.48. The Balaban J connectivity index is 2.10. The summed E-state index contributed by atoms with van der Waals surface area (Å²) in [5.41, 5.74) is 3.74. The first kappa shape index (κ1) is 19.7. The van der Waals surface area contributed by atoms with E-state index in [1.165, 1.54) is 9.13 Å². The Morgan fingerprint density at radius 1 is 1.10 bits per heavy atom. The predicted molar refractivity (Wildman–Crippen MR) is 120 cm³/mol. The molecule has 0 saturated heterocycles. The molecular formula is C24H19ClN2O3. The van der Waals surface area contributed by atoms with Gasteiger partial charge in [0, 0.05) is 34.9 Å². The van der Waals surface area contributed by atoms with E-state index in [9.17, 15) is 14.7 Å². The summed E-state index contributed by atoms with van der Waals surface area (Å²) in [6, 6.07) is 16.1. The Bertz CT molecular complexity index is 1380. The number of aryl methyl sites for hydroxylation is 2. The molecule has 0 atom stereocenters. The van der Waals surface area contributed by atoms with Gasteiger partial charge in [-0.15, -0.1) is 0 Å². The van der Waals surface area contributed by atoms with Gasteiger partial charge >= 0.3 is 5.97 Å². The summed E-state index contributed by atoms with van der Waals surface area (Å²) in [4.78, 5) is 25.2. The normalized spacial score (nSPS) is 11.0. The number of carbonyl (C=O) groups is 1. The molecule has 0 radical (unpaired) electrons. The van der Waals surface area contributed by atoms with Crippen LogP contribution in [0.15, 0.2) is 72.2 Å². The number of pyridine rings is 1. The van der Waals surface area contributed by atoms with Gasteiger partial charge in [0.15, 0.2) is 0 Å². The minimum atomic E-state index is -1.11. The molecule has 30 heavy (non-hydrogen) atoms. The van der Waals surface area contributed by atoms with Gasteiger partial charge in [-0.2, -0.15) is 0 Å². The minimum Gasteiger partial charge on any atom is -0.477 e. The van der Waals surface area contributed by atoms with Gasteiger partial charge in [0.2, 0.25) is 0 Å². The van der Waals surface area contributed by atoms with Gasteiger partial charge in [-0.3, -0.25) is 9.36 Å². The van der Waals surface area contributed by atoms with Crippen LogP contribution in [0.25, 0.3) is 22.2 Å². The van der Waals surface area contributed by atoms with Gasteiger partial charge in [0.05, 0.1) is 0 Å². The first-order valence-corrected chi connectivity index (χ1v) is 9.67. The van der Waals surface area contributed by atoms with Gasteiger partial charge in [-0.05, 0) is 47.9 Å². The molecule has 2 heterocycles.